The highest BCUT2D eigenvalue weighted by Crippen LogP contribution is 2.30. The maximum atomic E-state index is 13.7. The van der Waals surface area contributed by atoms with Crippen LogP contribution in [0.3, 0.4) is 0 Å². The molecule has 1 fully saturated rings. The van der Waals surface area contributed by atoms with Gasteiger partial charge in [-0.3, -0.25) is 9.69 Å². The van der Waals surface area contributed by atoms with Gasteiger partial charge in [0.1, 0.15) is 6.04 Å². The topological polar surface area (TPSA) is 82.9 Å². The third-order valence-corrected chi connectivity index (χ3v) is 7.83. The maximum Gasteiger partial charge on any atom is 0.253 e. The molecule has 0 saturated carbocycles. The van der Waals surface area contributed by atoms with E-state index in [-0.39, 0.29) is 11.6 Å². The predicted molar refractivity (Wildman–Crippen MR) is 154 cm³/mol. The third-order valence-electron chi connectivity index (χ3n) is 7.83. The lowest BCUT2D eigenvalue weighted by Crippen LogP contribution is -2.49. The zero-order valence-corrected chi connectivity index (χ0v) is 22.4. The number of anilines is 1. The van der Waals surface area contributed by atoms with Crippen LogP contribution < -0.4 is 10.5 Å². The number of piperazine rings is 1. The largest absolute Gasteiger partial charge is 0.369 e. The molecule has 5 aromatic rings. The summed E-state index contributed by atoms with van der Waals surface area (Å²) in [6.07, 6.45) is 0.805. The van der Waals surface area contributed by atoms with E-state index in [1.165, 1.54) is 11.3 Å². The molecule has 3 heterocycles. The summed E-state index contributed by atoms with van der Waals surface area (Å²) in [5.74, 6) is 0.703. The van der Waals surface area contributed by atoms with Crippen LogP contribution in [0, 0.1) is 13.8 Å². The highest BCUT2D eigenvalue weighted by atomic mass is 16.1. The minimum Gasteiger partial charge on any atom is -0.369 e. The molecule has 0 radical (unpaired) electrons. The van der Waals surface area contributed by atoms with Gasteiger partial charge < -0.3 is 9.88 Å². The molecule has 0 unspecified atom stereocenters. The Morgan fingerprint density at radius 2 is 1.56 bits per heavy atom. The molecule has 8 nitrogen and oxygen atoms in total. The molecular weight excluding hydrogens is 486 g/mol. The standard InChI is InChI=1S/C31H33N7O/c1-22-13-14-23(2)28-26(22)21-27(31(39)32-28)29(37-19-17-36(18-20-37)25-11-7-4-8-12-25)30-33-34-35-38(30)16-15-24-9-5-3-6-10-24/h3-14,21,29H,15-20H2,1-2H3,(H,32,39)/t29-/m0/s1. The van der Waals surface area contributed by atoms with Gasteiger partial charge in [-0.15, -0.1) is 5.10 Å². The summed E-state index contributed by atoms with van der Waals surface area (Å²) < 4.78 is 1.87. The SMILES string of the molecule is Cc1ccc(C)c2[nH]c(=O)c([C@@H](c3nnnn3CCc3ccccc3)N3CCN(c4ccccc4)CC3)cc12. The van der Waals surface area contributed by atoms with Crippen LogP contribution >= 0.6 is 0 Å². The number of aromatic nitrogens is 5. The fraction of sp³-hybridized carbons (Fsp3) is 0.290. The second-order valence-corrected chi connectivity index (χ2v) is 10.3. The summed E-state index contributed by atoms with van der Waals surface area (Å²) in [6.45, 7) is 8.04. The Bertz CT molecular complexity index is 1620. The summed E-state index contributed by atoms with van der Waals surface area (Å²) in [4.78, 5) is 21.6. The van der Waals surface area contributed by atoms with Crippen LogP contribution in [0.1, 0.15) is 34.1 Å². The van der Waals surface area contributed by atoms with Gasteiger partial charge in [0.15, 0.2) is 5.82 Å². The van der Waals surface area contributed by atoms with E-state index in [2.05, 4.69) is 91.8 Å². The molecule has 3 aromatic carbocycles. The number of hydrogen-bond donors (Lipinski definition) is 1. The van der Waals surface area contributed by atoms with Gasteiger partial charge >= 0.3 is 0 Å². The Morgan fingerprint density at radius 1 is 0.872 bits per heavy atom. The quantitative estimate of drug-likeness (QED) is 0.346. The lowest BCUT2D eigenvalue weighted by Gasteiger charge is -2.39. The Kier molecular flexibility index (Phi) is 6.94. The fourth-order valence-corrected chi connectivity index (χ4v) is 5.62. The van der Waals surface area contributed by atoms with Gasteiger partial charge in [-0.1, -0.05) is 60.7 Å². The monoisotopic (exact) mass is 519 g/mol. The summed E-state index contributed by atoms with van der Waals surface area (Å²) >= 11 is 0. The number of H-pyrrole nitrogens is 1. The first-order valence-corrected chi connectivity index (χ1v) is 13.6. The van der Waals surface area contributed by atoms with Crippen molar-refractivity contribution in [2.24, 2.45) is 0 Å². The van der Waals surface area contributed by atoms with Crippen LogP contribution in [0.5, 0.6) is 0 Å². The van der Waals surface area contributed by atoms with Crippen molar-refractivity contribution in [2.75, 3.05) is 31.1 Å². The van der Waals surface area contributed by atoms with Crippen molar-refractivity contribution in [1.29, 1.82) is 0 Å². The van der Waals surface area contributed by atoms with Gasteiger partial charge in [-0.2, -0.15) is 0 Å². The molecule has 198 valence electrons. The zero-order chi connectivity index (χ0) is 26.8. The van der Waals surface area contributed by atoms with E-state index in [0.717, 1.165) is 54.6 Å². The number of hydrogen-bond acceptors (Lipinski definition) is 6. The van der Waals surface area contributed by atoms with E-state index in [9.17, 15) is 4.79 Å². The van der Waals surface area contributed by atoms with Crippen molar-refractivity contribution in [2.45, 2.75) is 32.9 Å². The number of aryl methyl sites for hydroxylation is 4. The van der Waals surface area contributed by atoms with Crippen molar-refractivity contribution >= 4 is 16.6 Å². The van der Waals surface area contributed by atoms with Crippen LogP contribution in [0.4, 0.5) is 5.69 Å². The zero-order valence-electron chi connectivity index (χ0n) is 22.4. The second-order valence-electron chi connectivity index (χ2n) is 10.3. The molecule has 0 amide bonds. The highest BCUT2D eigenvalue weighted by molar-refractivity contribution is 5.85. The van der Waals surface area contributed by atoms with E-state index in [1.807, 2.05) is 35.9 Å². The Balaban J connectivity index is 1.38. The van der Waals surface area contributed by atoms with E-state index in [0.29, 0.717) is 17.9 Å². The molecule has 1 atom stereocenters. The molecule has 1 saturated heterocycles. The smallest absolute Gasteiger partial charge is 0.253 e. The minimum absolute atomic E-state index is 0.0932. The first kappa shape index (κ1) is 25.0. The van der Waals surface area contributed by atoms with Crippen molar-refractivity contribution in [1.82, 2.24) is 30.1 Å². The van der Waals surface area contributed by atoms with Crippen LogP contribution in [-0.2, 0) is 13.0 Å². The molecule has 1 N–H and O–H groups in total. The van der Waals surface area contributed by atoms with Crippen molar-refractivity contribution in [3.63, 3.8) is 0 Å². The average Bonchev–Trinajstić information content (AvgIpc) is 3.44. The number of para-hydroxylation sites is 1. The Morgan fingerprint density at radius 3 is 2.31 bits per heavy atom. The number of aromatic amines is 1. The number of fused-ring (bicyclic) bond motifs is 1. The average molecular weight is 520 g/mol. The predicted octanol–water partition coefficient (Wildman–Crippen LogP) is 4.29. The van der Waals surface area contributed by atoms with E-state index in [4.69, 9.17) is 0 Å². The Labute approximate surface area is 227 Å². The van der Waals surface area contributed by atoms with E-state index >= 15 is 0 Å². The van der Waals surface area contributed by atoms with Gasteiger partial charge in [0.25, 0.3) is 5.56 Å². The molecule has 39 heavy (non-hydrogen) atoms. The molecule has 8 heteroatoms. The number of nitrogens with one attached hydrogen (secondary N) is 1. The fourth-order valence-electron chi connectivity index (χ4n) is 5.62. The molecule has 6 rings (SSSR count). The second kappa shape index (κ2) is 10.8. The number of pyridine rings is 1. The highest BCUT2D eigenvalue weighted by Gasteiger charge is 2.33. The normalized spacial score (nSPS) is 15.1. The summed E-state index contributed by atoms with van der Waals surface area (Å²) in [6, 6.07) is 26.7. The lowest BCUT2D eigenvalue weighted by molar-refractivity contribution is 0.199. The van der Waals surface area contributed by atoms with E-state index in [1.54, 1.807) is 0 Å². The number of tetrazole rings is 1. The molecule has 2 aromatic heterocycles. The molecule has 1 aliphatic heterocycles. The first-order valence-electron chi connectivity index (χ1n) is 13.6. The van der Waals surface area contributed by atoms with Crippen LogP contribution in [0.15, 0.2) is 83.7 Å². The molecule has 1 aliphatic rings. The number of nitrogens with zero attached hydrogens (tertiary/aromatic N) is 6. The van der Waals surface area contributed by atoms with Gasteiger partial charge in [-0.05, 0) is 65.6 Å². The van der Waals surface area contributed by atoms with Crippen LogP contribution in [-0.4, -0.2) is 56.3 Å². The van der Waals surface area contributed by atoms with Gasteiger partial charge in [-0.25, -0.2) is 4.68 Å². The van der Waals surface area contributed by atoms with Crippen molar-refractivity contribution in [3.05, 3.63) is 117 Å². The van der Waals surface area contributed by atoms with Gasteiger partial charge in [0.2, 0.25) is 0 Å². The lowest BCUT2D eigenvalue weighted by atomic mass is 9.99. The number of rotatable bonds is 7. The van der Waals surface area contributed by atoms with Gasteiger partial charge in [0.05, 0.1) is 5.52 Å². The van der Waals surface area contributed by atoms with Crippen molar-refractivity contribution in [3.8, 4) is 0 Å². The Hall–Kier alpha value is -4.30. The number of benzene rings is 3. The first-order chi connectivity index (χ1) is 19.1. The van der Waals surface area contributed by atoms with E-state index < -0.39 is 0 Å². The third kappa shape index (κ3) is 5.07. The maximum absolute atomic E-state index is 13.7. The summed E-state index contributed by atoms with van der Waals surface area (Å²) in [5.41, 5.74) is 6.10. The molecule has 0 spiro atoms. The summed E-state index contributed by atoms with van der Waals surface area (Å²) in [7, 11) is 0. The molecule has 0 aliphatic carbocycles. The van der Waals surface area contributed by atoms with Gasteiger partial charge in [0, 0.05) is 49.4 Å². The minimum atomic E-state index is -0.359. The van der Waals surface area contributed by atoms with Crippen molar-refractivity contribution < 1.29 is 0 Å². The molecular formula is C31H33N7O. The van der Waals surface area contributed by atoms with Crippen LogP contribution in [0.2, 0.25) is 0 Å². The molecule has 0 bridgehead atoms. The van der Waals surface area contributed by atoms with Crippen LogP contribution in [0.25, 0.3) is 10.9 Å². The summed E-state index contributed by atoms with van der Waals surface area (Å²) in [5, 5.41) is 14.0.